The predicted molar refractivity (Wildman–Crippen MR) is 59.2 cm³/mol. The van der Waals surface area contributed by atoms with Crippen LogP contribution in [0.2, 0.25) is 0 Å². The number of nitrogens with one attached hydrogen (secondary N) is 1. The van der Waals surface area contributed by atoms with Gasteiger partial charge in [0, 0.05) is 30.2 Å². The zero-order valence-electron chi connectivity index (χ0n) is 8.03. The molecule has 2 heteroatoms. The molecule has 1 aliphatic heterocycles. The molecule has 1 aromatic carbocycles. The molecule has 1 fully saturated rings. The van der Waals surface area contributed by atoms with Gasteiger partial charge in [-0.15, -0.1) is 0 Å². The van der Waals surface area contributed by atoms with Crippen molar-refractivity contribution >= 4 is 16.6 Å². The van der Waals surface area contributed by atoms with E-state index in [0.717, 1.165) is 6.54 Å². The molecule has 0 bridgehead atoms. The molecule has 1 saturated heterocycles. The van der Waals surface area contributed by atoms with Crippen molar-refractivity contribution in [3.05, 3.63) is 37.0 Å². The summed E-state index contributed by atoms with van der Waals surface area (Å²) >= 11 is 0. The second kappa shape index (κ2) is 3.05. The Morgan fingerprint density at radius 1 is 1.21 bits per heavy atom. The first-order chi connectivity index (χ1) is 6.95. The highest BCUT2D eigenvalue weighted by Gasteiger charge is 2.15. The molecule has 14 heavy (non-hydrogen) atoms. The number of benzene rings is 1. The van der Waals surface area contributed by atoms with Crippen molar-refractivity contribution in [2.45, 2.75) is 12.8 Å². The van der Waals surface area contributed by atoms with E-state index in [2.05, 4.69) is 46.9 Å². The summed E-state index contributed by atoms with van der Waals surface area (Å²) in [6.45, 7) is 3.44. The summed E-state index contributed by atoms with van der Waals surface area (Å²) in [7, 11) is 0. The second-order valence-corrected chi connectivity index (χ2v) is 3.74. The van der Waals surface area contributed by atoms with Crippen molar-refractivity contribution in [2.24, 2.45) is 0 Å². The summed E-state index contributed by atoms with van der Waals surface area (Å²) < 4.78 is 0. The van der Waals surface area contributed by atoms with E-state index < -0.39 is 0 Å². The van der Waals surface area contributed by atoms with Crippen LogP contribution < -0.4 is 4.90 Å². The molecule has 1 aromatic heterocycles. The highest BCUT2D eigenvalue weighted by molar-refractivity contribution is 5.93. The molecular weight excluding hydrogens is 172 g/mol. The van der Waals surface area contributed by atoms with E-state index in [1.165, 1.54) is 29.4 Å². The minimum absolute atomic E-state index is 1.15. The van der Waals surface area contributed by atoms with Crippen molar-refractivity contribution in [1.82, 2.24) is 4.98 Å². The van der Waals surface area contributed by atoms with Crippen LogP contribution in [0.1, 0.15) is 12.8 Å². The maximum absolute atomic E-state index is 3.30. The van der Waals surface area contributed by atoms with Gasteiger partial charge in [0.15, 0.2) is 0 Å². The van der Waals surface area contributed by atoms with E-state index in [-0.39, 0.29) is 0 Å². The van der Waals surface area contributed by atoms with Gasteiger partial charge in [0.1, 0.15) is 0 Å². The fraction of sp³-hybridized carbons (Fsp3) is 0.250. The smallest absolute Gasteiger partial charge is 0.0627 e. The van der Waals surface area contributed by atoms with Crippen molar-refractivity contribution in [1.29, 1.82) is 0 Å². The molecule has 2 aromatic rings. The van der Waals surface area contributed by atoms with Crippen LogP contribution in [-0.2, 0) is 0 Å². The maximum atomic E-state index is 3.30. The number of fused-ring (bicyclic) bond motifs is 1. The predicted octanol–water partition coefficient (Wildman–Crippen LogP) is 2.93. The first-order valence-electron chi connectivity index (χ1n) is 5.11. The van der Waals surface area contributed by atoms with E-state index in [1.54, 1.807) is 0 Å². The SMILES string of the molecule is [CH]1CCCN1c1c[nH]c2ccccc12. The highest BCUT2D eigenvalue weighted by Crippen LogP contribution is 2.30. The van der Waals surface area contributed by atoms with Crippen LogP contribution in [0.25, 0.3) is 10.9 Å². The summed E-state index contributed by atoms with van der Waals surface area (Å²) in [6.07, 6.45) is 4.59. The molecule has 0 unspecified atom stereocenters. The molecule has 1 N–H and O–H groups in total. The summed E-state index contributed by atoms with van der Waals surface area (Å²) in [5, 5.41) is 1.32. The highest BCUT2D eigenvalue weighted by atomic mass is 15.2. The van der Waals surface area contributed by atoms with Crippen LogP contribution in [-0.4, -0.2) is 11.5 Å². The third-order valence-corrected chi connectivity index (χ3v) is 2.83. The molecule has 1 aliphatic rings. The lowest BCUT2D eigenvalue weighted by Crippen LogP contribution is -2.12. The molecular formula is C12H13N2. The van der Waals surface area contributed by atoms with Gasteiger partial charge >= 0.3 is 0 Å². The van der Waals surface area contributed by atoms with Crippen molar-refractivity contribution in [3.8, 4) is 0 Å². The van der Waals surface area contributed by atoms with Gasteiger partial charge in [0.2, 0.25) is 0 Å². The molecule has 2 heterocycles. The number of anilines is 1. The van der Waals surface area contributed by atoms with Gasteiger partial charge in [-0.3, -0.25) is 0 Å². The monoisotopic (exact) mass is 185 g/mol. The summed E-state index contributed by atoms with van der Waals surface area (Å²) in [6, 6.07) is 8.45. The number of aromatic nitrogens is 1. The fourth-order valence-electron chi connectivity index (χ4n) is 2.11. The largest absolute Gasteiger partial charge is 0.365 e. The normalized spacial score (nSPS) is 16.7. The minimum Gasteiger partial charge on any atom is -0.365 e. The lowest BCUT2D eigenvalue weighted by Gasteiger charge is -2.15. The Kier molecular flexibility index (Phi) is 1.72. The van der Waals surface area contributed by atoms with E-state index in [4.69, 9.17) is 0 Å². The number of rotatable bonds is 1. The Balaban J connectivity index is 2.11. The Bertz CT molecular complexity index is 438. The number of H-pyrrole nitrogens is 1. The number of nitrogens with zero attached hydrogens (tertiary/aromatic N) is 1. The van der Waals surface area contributed by atoms with Crippen LogP contribution >= 0.6 is 0 Å². The molecule has 3 rings (SSSR count). The lowest BCUT2D eigenvalue weighted by molar-refractivity contribution is 0.958. The number of aromatic amines is 1. The second-order valence-electron chi connectivity index (χ2n) is 3.74. The molecule has 71 valence electrons. The van der Waals surface area contributed by atoms with E-state index in [1.807, 2.05) is 0 Å². The summed E-state index contributed by atoms with van der Waals surface area (Å²) in [4.78, 5) is 5.65. The van der Waals surface area contributed by atoms with E-state index >= 15 is 0 Å². The molecule has 0 amide bonds. The Labute approximate surface area is 83.5 Å². The summed E-state index contributed by atoms with van der Waals surface area (Å²) in [5.74, 6) is 0. The van der Waals surface area contributed by atoms with Gasteiger partial charge in [0.25, 0.3) is 0 Å². The molecule has 0 spiro atoms. The van der Waals surface area contributed by atoms with Crippen molar-refractivity contribution < 1.29 is 0 Å². The Hall–Kier alpha value is -1.44. The first kappa shape index (κ1) is 7.92. The van der Waals surface area contributed by atoms with E-state index in [0.29, 0.717) is 0 Å². The molecule has 2 nitrogen and oxygen atoms in total. The number of hydrogen-bond donors (Lipinski definition) is 1. The number of para-hydroxylation sites is 1. The molecule has 0 saturated carbocycles. The molecule has 0 aliphatic carbocycles. The zero-order valence-corrected chi connectivity index (χ0v) is 8.03. The Morgan fingerprint density at radius 3 is 3.00 bits per heavy atom. The first-order valence-corrected chi connectivity index (χ1v) is 5.11. The van der Waals surface area contributed by atoms with Crippen molar-refractivity contribution in [3.63, 3.8) is 0 Å². The van der Waals surface area contributed by atoms with Crippen LogP contribution in [0.5, 0.6) is 0 Å². The van der Waals surface area contributed by atoms with E-state index in [9.17, 15) is 0 Å². The molecule has 0 atom stereocenters. The third-order valence-electron chi connectivity index (χ3n) is 2.83. The third kappa shape index (κ3) is 1.10. The average Bonchev–Trinajstić information content (AvgIpc) is 2.85. The van der Waals surface area contributed by atoms with Crippen LogP contribution in [0, 0.1) is 6.54 Å². The minimum atomic E-state index is 1.15. The van der Waals surface area contributed by atoms with Gasteiger partial charge in [-0.2, -0.15) is 0 Å². The number of hydrogen-bond acceptors (Lipinski definition) is 1. The van der Waals surface area contributed by atoms with Gasteiger partial charge in [-0.05, 0) is 18.9 Å². The lowest BCUT2D eigenvalue weighted by atomic mass is 10.2. The average molecular weight is 185 g/mol. The quantitative estimate of drug-likeness (QED) is 0.723. The van der Waals surface area contributed by atoms with Gasteiger partial charge in [-0.25, -0.2) is 0 Å². The fourth-order valence-corrected chi connectivity index (χ4v) is 2.11. The topological polar surface area (TPSA) is 19.0 Å². The van der Waals surface area contributed by atoms with Crippen LogP contribution in [0.15, 0.2) is 30.5 Å². The van der Waals surface area contributed by atoms with Gasteiger partial charge in [0.05, 0.1) is 5.69 Å². The maximum Gasteiger partial charge on any atom is 0.0627 e. The standard InChI is InChI=1S/C12H13N2/c1-2-6-11-10(5-1)12(9-13-11)14-7-3-4-8-14/h1-2,5-7,9,13H,3-4,8H2. The van der Waals surface area contributed by atoms with Crippen LogP contribution in [0.4, 0.5) is 5.69 Å². The van der Waals surface area contributed by atoms with Gasteiger partial charge < -0.3 is 9.88 Å². The molecule has 1 radical (unpaired) electrons. The van der Waals surface area contributed by atoms with Gasteiger partial charge in [-0.1, -0.05) is 18.2 Å². The zero-order chi connectivity index (χ0) is 9.38. The summed E-state index contributed by atoms with van der Waals surface area (Å²) in [5.41, 5.74) is 2.54. The van der Waals surface area contributed by atoms with Crippen molar-refractivity contribution in [2.75, 3.05) is 11.4 Å². The Morgan fingerprint density at radius 2 is 2.14 bits per heavy atom. The van der Waals surface area contributed by atoms with Crippen LogP contribution in [0.3, 0.4) is 0 Å².